The van der Waals surface area contributed by atoms with Crippen molar-refractivity contribution < 1.29 is 4.79 Å². The maximum atomic E-state index is 12.6. The van der Waals surface area contributed by atoms with Gasteiger partial charge in [-0.1, -0.05) is 56.6 Å². The van der Waals surface area contributed by atoms with E-state index in [4.69, 9.17) is 29.6 Å². The highest BCUT2D eigenvalue weighted by atomic mass is 35.5. The molecule has 0 radical (unpaired) electrons. The monoisotopic (exact) mass is 312 g/mol. The van der Waals surface area contributed by atoms with E-state index in [0.29, 0.717) is 23.6 Å². The Kier molecular flexibility index (Phi) is 6.43. The van der Waals surface area contributed by atoms with Gasteiger partial charge in [0.1, 0.15) is 0 Å². The fourth-order valence-corrected chi connectivity index (χ4v) is 2.87. The molecule has 0 heterocycles. The molecular weight excluding hydrogens is 292 g/mol. The van der Waals surface area contributed by atoms with Crippen molar-refractivity contribution in [3.63, 3.8) is 0 Å². The van der Waals surface area contributed by atoms with Gasteiger partial charge in [-0.2, -0.15) is 0 Å². The number of rotatable bonds is 7. The van der Waals surface area contributed by atoms with Crippen LogP contribution in [-0.2, 0) is 4.79 Å². The van der Waals surface area contributed by atoms with E-state index >= 15 is 0 Å². The Morgan fingerprint density at radius 2 is 1.95 bits per heavy atom. The highest BCUT2D eigenvalue weighted by molar-refractivity contribution is 7.80. The van der Waals surface area contributed by atoms with Crippen LogP contribution < -0.4 is 11.1 Å². The summed E-state index contributed by atoms with van der Waals surface area (Å²) in [6, 6.07) is 7.06. The lowest BCUT2D eigenvalue weighted by Gasteiger charge is -2.31. The van der Waals surface area contributed by atoms with Crippen LogP contribution >= 0.6 is 23.8 Å². The molecule has 1 aromatic rings. The molecule has 1 rings (SSSR count). The van der Waals surface area contributed by atoms with Gasteiger partial charge in [-0.3, -0.25) is 4.79 Å². The minimum atomic E-state index is -0.777. The second-order valence-electron chi connectivity index (χ2n) is 4.91. The van der Waals surface area contributed by atoms with Gasteiger partial charge in [-0.15, -0.1) is 0 Å². The van der Waals surface area contributed by atoms with Crippen molar-refractivity contribution in [1.82, 2.24) is 0 Å². The van der Waals surface area contributed by atoms with Gasteiger partial charge in [0.25, 0.3) is 0 Å². The fraction of sp³-hybridized carbons (Fsp3) is 0.467. The molecule has 0 aliphatic carbocycles. The fourth-order valence-electron chi connectivity index (χ4n) is 2.38. The number of hydrogen-bond acceptors (Lipinski definition) is 2. The number of thiocarbonyl (C=S) groups is 1. The Hall–Kier alpha value is -1.13. The van der Waals surface area contributed by atoms with Crippen molar-refractivity contribution in [2.24, 2.45) is 11.1 Å². The number of halogens is 1. The predicted molar refractivity (Wildman–Crippen MR) is 89.1 cm³/mol. The third kappa shape index (κ3) is 3.93. The minimum absolute atomic E-state index is 0.143. The molecule has 110 valence electrons. The zero-order valence-corrected chi connectivity index (χ0v) is 13.5. The number of nitrogens with one attached hydrogen (secondary N) is 1. The maximum absolute atomic E-state index is 12.6. The summed E-state index contributed by atoms with van der Waals surface area (Å²) >= 11 is 11.1. The van der Waals surface area contributed by atoms with Crippen LogP contribution in [0.4, 0.5) is 5.69 Å². The number of carbonyl (C=O) groups excluding carboxylic acids is 1. The second kappa shape index (κ2) is 7.60. The van der Waals surface area contributed by atoms with Crippen LogP contribution in [0.15, 0.2) is 24.3 Å². The summed E-state index contributed by atoms with van der Waals surface area (Å²) in [4.78, 5) is 12.9. The summed E-state index contributed by atoms with van der Waals surface area (Å²) in [5, 5.41) is 3.46. The summed E-state index contributed by atoms with van der Waals surface area (Å²) < 4.78 is 0. The molecule has 0 aromatic heterocycles. The van der Waals surface area contributed by atoms with Gasteiger partial charge in [0.15, 0.2) is 0 Å². The average Bonchev–Trinajstić information content (AvgIpc) is 2.37. The molecule has 5 heteroatoms. The summed E-state index contributed by atoms with van der Waals surface area (Å²) in [5.41, 5.74) is 5.76. The zero-order valence-electron chi connectivity index (χ0n) is 11.9. The summed E-state index contributed by atoms with van der Waals surface area (Å²) in [6.07, 6.45) is 3.01. The van der Waals surface area contributed by atoms with E-state index in [0.717, 1.165) is 12.8 Å². The van der Waals surface area contributed by atoms with Crippen LogP contribution in [0.25, 0.3) is 0 Å². The first-order chi connectivity index (χ1) is 9.46. The van der Waals surface area contributed by atoms with Gasteiger partial charge in [0.05, 0.1) is 10.4 Å². The maximum Gasteiger partial charge on any atom is 0.237 e. The number of anilines is 1. The van der Waals surface area contributed by atoms with Gasteiger partial charge >= 0.3 is 0 Å². The van der Waals surface area contributed by atoms with Crippen molar-refractivity contribution in [2.45, 2.75) is 39.5 Å². The number of hydrogen-bond donors (Lipinski definition) is 2. The number of benzene rings is 1. The Bertz CT molecular complexity index is 485. The largest absolute Gasteiger partial charge is 0.392 e. The van der Waals surface area contributed by atoms with E-state index < -0.39 is 5.41 Å². The predicted octanol–water partition coefficient (Wildman–Crippen LogP) is 4.15. The molecule has 0 saturated carbocycles. The second-order valence-corrected chi connectivity index (χ2v) is 5.79. The van der Waals surface area contributed by atoms with E-state index in [9.17, 15) is 4.79 Å². The van der Waals surface area contributed by atoms with Gasteiger partial charge in [-0.05, 0) is 31.0 Å². The van der Waals surface area contributed by atoms with Crippen molar-refractivity contribution in [2.75, 3.05) is 5.32 Å². The number of amides is 1. The summed E-state index contributed by atoms with van der Waals surface area (Å²) in [5.74, 6) is -0.143. The van der Waals surface area contributed by atoms with E-state index in [1.165, 1.54) is 0 Å². The lowest BCUT2D eigenvalue weighted by molar-refractivity contribution is -0.122. The van der Waals surface area contributed by atoms with Crippen LogP contribution in [0, 0.1) is 5.41 Å². The van der Waals surface area contributed by atoms with Gasteiger partial charge in [0, 0.05) is 10.7 Å². The molecule has 1 aromatic carbocycles. The lowest BCUT2D eigenvalue weighted by Crippen LogP contribution is -2.46. The molecule has 0 aliphatic rings. The Labute approximate surface area is 130 Å². The number of carbonyl (C=O) groups is 1. The molecule has 0 saturated heterocycles. The quantitative estimate of drug-likeness (QED) is 0.744. The Morgan fingerprint density at radius 1 is 1.35 bits per heavy atom. The molecule has 1 amide bonds. The first-order valence-corrected chi connectivity index (χ1v) is 7.61. The van der Waals surface area contributed by atoms with E-state index in [1.807, 2.05) is 13.8 Å². The Morgan fingerprint density at radius 3 is 2.40 bits per heavy atom. The van der Waals surface area contributed by atoms with Gasteiger partial charge < -0.3 is 11.1 Å². The summed E-state index contributed by atoms with van der Waals surface area (Å²) in [7, 11) is 0. The van der Waals surface area contributed by atoms with Crippen molar-refractivity contribution in [3.8, 4) is 0 Å². The van der Waals surface area contributed by atoms with Crippen LogP contribution in [0.1, 0.15) is 39.5 Å². The standard InChI is InChI=1S/C15H21ClN2OS/c1-3-8-15(9-4-2,13(17)20)14(19)18-12-7-5-6-11(16)10-12/h5-7,10H,3-4,8-9H2,1-2H3,(H2,17,20)(H,18,19). The molecular formula is C15H21ClN2OS. The highest BCUT2D eigenvalue weighted by Gasteiger charge is 2.39. The van der Waals surface area contributed by atoms with E-state index in [1.54, 1.807) is 24.3 Å². The average molecular weight is 313 g/mol. The highest BCUT2D eigenvalue weighted by Crippen LogP contribution is 2.32. The van der Waals surface area contributed by atoms with Crippen LogP contribution in [0.3, 0.4) is 0 Å². The molecule has 0 aliphatic heterocycles. The molecule has 0 fully saturated rings. The van der Waals surface area contributed by atoms with Gasteiger partial charge in [0.2, 0.25) is 5.91 Å². The zero-order chi connectivity index (χ0) is 15.2. The van der Waals surface area contributed by atoms with Crippen molar-refractivity contribution in [3.05, 3.63) is 29.3 Å². The molecule has 0 unspecified atom stereocenters. The molecule has 0 bridgehead atoms. The first kappa shape index (κ1) is 16.9. The minimum Gasteiger partial charge on any atom is -0.392 e. The third-order valence-corrected chi connectivity index (χ3v) is 3.97. The van der Waals surface area contributed by atoms with Crippen molar-refractivity contribution >= 4 is 40.4 Å². The van der Waals surface area contributed by atoms with Crippen LogP contribution in [0.5, 0.6) is 0 Å². The van der Waals surface area contributed by atoms with Crippen molar-refractivity contribution in [1.29, 1.82) is 0 Å². The Balaban J connectivity index is 3.01. The summed E-state index contributed by atoms with van der Waals surface area (Å²) in [6.45, 7) is 4.05. The first-order valence-electron chi connectivity index (χ1n) is 6.83. The molecule has 3 nitrogen and oxygen atoms in total. The number of nitrogens with two attached hydrogens (primary N) is 1. The topological polar surface area (TPSA) is 55.1 Å². The van der Waals surface area contributed by atoms with Crippen LogP contribution in [0.2, 0.25) is 5.02 Å². The molecule has 0 spiro atoms. The SMILES string of the molecule is CCCC(CCC)(C(=O)Nc1cccc(Cl)c1)C(N)=S. The van der Waals surface area contributed by atoms with Crippen LogP contribution in [-0.4, -0.2) is 10.9 Å². The lowest BCUT2D eigenvalue weighted by atomic mass is 9.78. The normalized spacial score (nSPS) is 11.2. The van der Waals surface area contributed by atoms with E-state index in [2.05, 4.69) is 5.32 Å². The molecule has 0 atom stereocenters. The third-order valence-electron chi connectivity index (χ3n) is 3.34. The van der Waals surface area contributed by atoms with Gasteiger partial charge in [-0.25, -0.2) is 0 Å². The smallest absolute Gasteiger partial charge is 0.237 e. The van der Waals surface area contributed by atoms with E-state index in [-0.39, 0.29) is 10.9 Å². The molecule has 20 heavy (non-hydrogen) atoms. The molecule has 3 N–H and O–H groups in total.